The summed E-state index contributed by atoms with van der Waals surface area (Å²) in [7, 11) is 8.57. The van der Waals surface area contributed by atoms with Crippen LogP contribution in [-0.2, 0) is 16.1 Å². The van der Waals surface area contributed by atoms with Crippen molar-refractivity contribution in [2.45, 2.75) is 25.8 Å². The SMILES string of the molecule is C=NC(=C\C(=N/O)C(F)F)/C(/C=C\C=O)=C/N(C)Cc1ccc(OC)c(OC)c1.CNC.CSCCCC=O. The van der Waals surface area contributed by atoms with Gasteiger partial charge in [0.2, 0.25) is 0 Å². The van der Waals surface area contributed by atoms with Gasteiger partial charge in [0.1, 0.15) is 18.3 Å². The molecule has 0 aliphatic rings. The molecule has 0 aliphatic heterocycles. The molecule has 0 spiro atoms. The Morgan fingerprint density at radius 1 is 1.23 bits per heavy atom. The molecule has 0 saturated carbocycles. The third-order valence-corrected chi connectivity index (χ3v) is 5.05. The first-order valence-corrected chi connectivity index (χ1v) is 13.1. The Labute approximate surface area is 234 Å². The predicted molar refractivity (Wildman–Crippen MR) is 156 cm³/mol. The number of aldehydes is 2. The molecule has 218 valence electrons. The van der Waals surface area contributed by atoms with Crippen molar-refractivity contribution in [3.05, 3.63) is 59.5 Å². The Bertz CT molecular complexity index is 969. The maximum Gasteiger partial charge on any atom is 0.283 e. The second-order valence-electron chi connectivity index (χ2n) is 7.50. The van der Waals surface area contributed by atoms with Crippen LogP contribution in [0.15, 0.2) is 64.0 Å². The largest absolute Gasteiger partial charge is 0.493 e. The van der Waals surface area contributed by atoms with Crippen LogP contribution in [0.3, 0.4) is 0 Å². The minimum atomic E-state index is -3.00. The van der Waals surface area contributed by atoms with Gasteiger partial charge in [-0.1, -0.05) is 11.2 Å². The fourth-order valence-corrected chi connectivity index (χ4v) is 3.15. The lowest BCUT2D eigenvalue weighted by Crippen LogP contribution is -2.12. The van der Waals surface area contributed by atoms with Gasteiger partial charge in [0.05, 0.1) is 19.9 Å². The summed E-state index contributed by atoms with van der Waals surface area (Å²) in [6.45, 7) is 3.79. The summed E-state index contributed by atoms with van der Waals surface area (Å²) in [5.41, 5.74) is 0.343. The summed E-state index contributed by atoms with van der Waals surface area (Å²) in [6.07, 6.45) is 7.37. The number of ether oxygens (including phenoxy) is 2. The average molecular weight is 571 g/mol. The van der Waals surface area contributed by atoms with Crippen LogP contribution < -0.4 is 14.8 Å². The summed E-state index contributed by atoms with van der Waals surface area (Å²) >= 11 is 1.78. The number of halogens is 2. The molecule has 12 heteroatoms. The maximum atomic E-state index is 12.9. The number of carbonyl (C=O) groups is 2. The van der Waals surface area contributed by atoms with Crippen LogP contribution in [0.4, 0.5) is 8.78 Å². The number of nitrogens with zero attached hydrogens (tertiary/aromatic N) is 3. The fourth-order valence-electron chi connectivity index (χ4n) is 2.69. The number of hydrogen-bond donors (Lipinski definition) is 2. The van der Waals surface area contributed by atoms with Crippen molar-refractivity contribution in [2.75, 3.05) is 47.4 Å². The van der Waals surface area contributed by atoms with E-state index in [1.165, 1.54) is 26.4 Å². The second kappa shape index (κ2) is 24.8. The monoisotopic (exact) mass is 570 g/mol. The maximum absolute atomic E-state index is 12.9. The van der Waals surface area contributed by atoms with E-state index in [9.17, 15) is 18.4 Å². The molecule has 0 fully saturated rings. The molecular formula is C27H40F2N4O5S. The van der Waals surface area contributed by atoms with Gasteiger partial charge in [-0.15, -0.1) is 0 Å². The molecule has 2 N–H and O–H groups in total. The Hall–Kier alpha value is -3.51. The van der Waals surface area contributed by atoms with Crippen LogP contribution in [-0.4, -0.2) is 88.9 Å². The quantitative estimate of drug-likeness (QED) is 0.0598. The number of alkyl halides is 2. The number of benzene rings is 1. The molecule has 0 saturated heterocycles. The van der Waals surface area contributed by atoms with Gasteiger partial charge in [0.15, 0.2) is 11.5 Å². The van der Waals surface area contributed by atoms with Gasteiger partial charge < -0.3 is 29.7 Å². The van der Waals surface area contributed by atoms with Crippen molar-refractivity contribution >= 4 is 36.8 Å². The van der Waals surface area contributed by atoms with E-state index in [0.29, 0.717) is 29.9 Å². The van der Waals surface area contributed by atoms with E-state index >= 15 is 0 Å². The highest BCUT2D eigenvalue weighted by molar-refractivity contribution is 7.98. The van der Waals surface area contributed by atoms with E-state index in [4.69, 9.17) is 14.7 Å². The van der Waals surface area contributed by atoms with E-state index in [1.54, 1.807) is 42.0 Å². The Kier molecular flexibility index (Phi) is 23.9. The van der Waals surface area contributed by atoms with E-state index in [2.05, 4.69) is 22.2 Å². The minimum absolute atomic E-state index is 0.00959. The van der Waals surface area contributed by atoms with Crippen LogP contribution in [0.5, 0.6) is 11.5 Å². The summed E-state index contributed by atoms with van der Waals surface area (Å²) < 4.78 is 36.2. The summed E-state index contributed by atoms with van der Waals surface area (Å²) in [5, 5.41) is 14.1. The summed E-state index contributed by atoms with van der Waals surface area (Å²) in [6, 6.07) is 5.42. The Morgan fingerprint density at radius 3 is 2.33 bits per heavy atom. The molecule has 0 bridgehead atoms. The normalized spacial score (nSPS) is 11.7. The van der Waals surface area contributed by atoms with Crippen LogP contribution >= 0.6 is 11.8 Å². The third-order valence-electron chi connectivity index (χ3n) is 4.35. The van der Waals surface area contributed by atoms with E-state index in [-0.39, 0.29) is 5.70 Å². The van der Waals surface area contributed by atoms with Gasteiger partial charge in [0.25, 0.3) is 6.43 Å². The number of rotatable bonds is 15. The second-order valence-corrected chi connectivity index (χ2v) is 8.48. The number of thioether (sulfide) groups is 1. The van der Waals surface area contributed by atoms with Gasteiger partial charge in [-0.2, -0.15) is 11.8 Å². The number of methoxy groups -OCH3 is 2. The molecule has 0 aliphatic carbocycles. The van der Waals surface area contributed by atoms with Crippen molar-refractivity contribution < 1.29 is 33.1 Å². The standard InChI is InChI=1S/C20H23F2N3O4.C5H10OS.C2H7N/c1-23-16(11-17(24-27)20(21)22)15(6-5-9-26)13-25(2)12-14-7-8-18(28-3)19(10-14)29-4;1-7-5-3-2-4-6;1-3-2/h5-11,13,20,27H,1,12H2,2-4H3;4H,2-3,5H2,1H3;3H,1-2H3/b6-5-,15-13+,16-11-,24-17+;;. The van der Waals surface area contributed by atoms with E-state index < -0.39 is 12.1 Å². The molecule has 0 amide bonds. The first kappa shape index (κ1) is 37.6. The topological polar surface area (TPSA) is 113 Å². The number of carbonyl (C=O) groups excluding carboxylic acids is 2. The zero-order chi connectivity index (χ0) is 30.1. The number of oxime groups is 1. The van der Waals surface area contributed by atoms with Gasteiger partial charge in [0, 0.05) is 31.8 Å². The number of hydrogen-bond acceptors (Lipinski definition) is 10. The zero-order valence-electron chi connectivity index (χ0n) is 23.4. The molecule has 0 atom stereocenters. The lowest BCUT2D eigenvalue weighted by Gasteiger charge is -2.17. The van der Waals surface area contributed by atoms with Crippen molar-refractivity contribution in [2.24, 2.45) is 10.1 Å². The van der Waals surface area contributed by atoms with Gasteiger partial charge >= 0.3 is 0 Å². The van der Waals surface area contributed by atoms with Crippen molar-refractivity contribution in [3.63, 3.8) is 0 Å². The molecular weight excluding hydrogens is 530 g/mol. The van der Waals surface area contributed by atoms with E-state index in [1.807, 2.05) is 26.4 Å². The Balaban J connectivity index is 0. The zero-order valence-corrected chi connectivity index (χ0v) is 24.2. The lowest BCUT2D eigenvalue weighted by molar-refractivity contribution is -0.108. The fraction of sp³-hybridized carbons (Fsp3) is 0.407. The number of unbranched alkanes of at least 4 members (excludes halogenated alkanes) is 1. The molecule has 0 heterocycles. The molecule has 39 heavy (non-hydrogen) atoms. The van der Waals surface area contributed by atoms with Crippen molar-refractivity contribution in [3.8, 4) is 11.5 Å². The van der Waals surface area contributed by atoms with Crippen LogP contribution in [0, 0.1) is 0 Å². The number of nitrogens with one attached hydrogen (secondary N) is 1. The minimum Gasteiger partial charge on any atom is -0.493 e. The Morgan fingerprint density at radius 2 is 1.87 bits per heavy atom. The number of allylic oxidation sites excluding steroid dienone is 3. The lowest BCUT2D eigenvalue weighted by atomic mass is 10.1. The predicted octanol–water partition coefficient (Wildman–Crippen LogP) is 4.62. The molecule has 1 rings (SSSR count). The average Bonchev–Trinajstić information content (AvgIpc) is 2.92. The molecule has 1 aromatic rings. The molecule has 9 nitrogen and oxygen atoms in total. The summed E-state index contributed by atoms with van der Waals surface area (Å²) in [4.78, 5) is 25.8. The molecule has 0 radical (unpaired) electrons. The molecule has 0 unspecified atom stereocenters. The first-order valence-electron chi connectivity index (χ1n) is 11.7. The smallest absolute Gasteiger partial charge is 0.283 e. The first-order chi connectivity index (χ1) is 18.7. The van der Waals surface area contributed by atoms with Gasteiger partial charge in [-0.25, -0.2) is 8.78 Å². The number of aliphatic imine (C=N–C) groups is 1. The van der Waals surface area contributed by atoms with Crippen molar-refractivity contribution in [1.29, 1.82) is 0 Å². The van der Waals surface area contributed by atoms with Gasteiger partial charge in [-0.3, -0.25) is 9.79 Å². The van der Waals surface area contributed by atoms with Crippen molar-refractivity contribution in [1.82, 2.24) is 10.2 Å². The highest BCUT2D eigenvalue weighted by Crippen LogP contribution is 2.28. The van der Waals surface area contributed by atoms with Crippen LogP contribution in [0.25, 0.3) is 0 Å². The highest BCUT2D eigenvalue weighted by Gasteiger charge is 2.14. The van der Waals surface area contributed by atoms with Gasteiger partial charge in [-0.05, 0) is 75.2 Å². The van der Waals surface area contributed by atoms with E-state index in [0.717, 1.165) is 36.5 Å². The molecule has 1 aromatic carbocycles. The highest BCUT2D eigenvalue weighted by atomic mass is 32.2. The molecule has 0 aromatic heterocycles. The van der Waals surface area contributed by atoms with Crippen LogP contribution in [0.2, 0.25) is 0 Å². The summed E-state index contributed by atoms with van der Waals surface area (Å²) in [5.74, 6) is 2.27. The third kappa shape index (κ3) is 17.6. The van der Waals surface area contributed by atoms with Crippen LogP contribution in [0.1, 0.15) is 18.4 Å².